The lowest BCUT2D eigenvalue weighted by molar-refractivity contribution is 0.832. The molecule has 0 aromatic carbocycles. The first kappa shape index (κ1) is 7.18. The van der Waals surface area contributed by atoms with E-state index in [1.54, 1.807) is 0 Å². The molecule has 0 aliphatic heterocycles. The molecule has 1 N–H and O–H groups in total. The van der Waals surface area contributed by atoms with Gasteiger partial charge >= 0.3 is 0 Å². The fourth-order valence-corrected chi connectivity index (χ4v) is 1.62. The monoisotopic (exact) mass is 163 g/mol. The van der Waals surface area contributed by atoms with E-state index in [1.165, 1.54) is 17.7 Å². The van der Waals surface area contributed by atoms with Crippen LogP contribution in [0.2, 0.25) is 0 Å². The molecule has 0 bridgehead atoms. The van der Waals surface area contributed by atoms with Crippen LogP contribution < -0.4 is 0 Å². The zero-order valence-electron chi connectivity index (χ0n) is 6.62. The first-order chi connectivity index (χ1) is 5.92. The summed E-state index contributed by atoms with van der Waals surface area (Å²) < 4.78 is 0. The van der Waals surface area contributed by atoms with Gasteiger partial charge in [0, 0.05) is 10.6 Å². The minimum atomic E-state index is 0.377. The van der Waals surface area contributed by atoms with Crippen molar-refractivity contribution in [2.75, 3.05) is 0 Å². The van der Waals surface area contributed by atoms with Gasteiger partial charge in [0.25, 0.3) is 0 Å². The molecule has 0 amide bonds. The molecule has 0 spiro atoms. The van der Waals surface area contributed by atoms with Gasteiger partial charge in [0.2, 0.25) is 0 Å². The molecular formula is C7H9N5. The lowest BCUT2D eigenvalue weighted by Crippen LogP contribution is -1.86. The molecule has 5 nitrogen and oxygen atoms in total. The van der Waals surface area contributed by atoms with Crippen molar-refractivity contribution in [2.24, 2.45) is 5.11 Å². The molecule has 12 heavy (non-hydrogen) atoms. The van der Waals surface area contributed by atoms with Crippen LogP contribution in [0.5, 0.6) is 0 Å². The van der Waals surface area contributed by atoms with Gasteiger partial charge in [-0.1, -0.05) is 5.11 Å². The smallest absolute Gasteiger partial charge is 0.0714 e. The van der Waals surface area contributed by atoms with Gasteiger partial charge in [0.05, 0.1) is 12.2 Å². The molecule has 1 aromatic rings. The van der Waals surface area contributed by atoms with E-state index in [1.807, 2.05) is 0 Å². The Morgan fingerprint density at radius 1 is 1.58 bits per heavy atom. The number of hydrogen-bond donors (Lipinski definition) is 1. The third kappa shape index (κ3) is 1.04. The molecule has 1 aliphatic carbocycles. The molecule has 0 fully saturated rings. The SMILES string of the molecule is [N-]=[N+]=NCc1n[nH]c2c1CCC2. The highest BCUT2D eigenvalue weighted by molar-refractivity contribution is 5.29. The van der Waals surface area contributed by atoms with Crippen molar-refractivity contribution in [2.45, 2.75) is 25.8 Å². The Bertz CT molecular complexity index is 334. The summed E-state index contributed by atoms with van der Waals surface area (Å²) in [6.45, 7) is 0.377. The summed E-state index contributed by atoms with van der Waals surface area (Å²) in [5.74, 6) is 0. The van der Waals surface area contributed by atoms with Gasteiger partial charge in [-0.15, -0.1) is 0 Å². The maximum atomic E-state index is 8.13. The zero-order chi connectivity index (χ0) is 8.39. The summed E-state index contributed by atoms with van der Waals surface area (Å²) in [6.07, 6.45) is 3.34. The quantitative estimate of drug-likeness (QED) is 0.402. The number of rotatable bonds is 2. The third-order valence-corrected chi connectivity index (χ3v) is 2.18. The molecule has 0 saturated heterocycles. The van der Waals surface area contributed by atoms with Crippen molar-refractivity contribution in [3.63, 3.8) is 0 Å². The predicted octanol–water partition coefficient (Wildman–Crippen LogP) is 1.71. The van der Waals surface area contributed by atoms with Crippen LogP contribution in [-0.4, -0.2) is 10.2 Å². The van der Waals surface area contributed by atoms with Crippen molar-refractivity contribution in [1.29, 1.82) is 0 Å². The number of aromatic amines is 1. The van der Waals surface area contributed by atoms with E-state index < -0.39 is 0 Å². The molecule has 0 unspecified atom stereocenters. The van der Waals surface area contributed by atoms with E-state index in [9.17, 15) is 0 Å². The zero-order valence-corrected chi connectivity index (χ0v) is 6.62. The second kappa shape index (κ2) is 2.87. The van der Waals surface area contributed by atoms with Gasteiger partial charge in [-0.25, -0.2) is 0 Å². The van der Waals surface area contributed by atoms with Crippen LogP contribution in [0.1, 0.15) is 23.4 Å². The number of nitrogens with zero attached hydrogens (tertiary/aromatic N) is 4. The van der Waals surface area contributed by atoms with Crippen molar-refractivity contribution in [3.05, 3.63) is 27.4 Å². The summed E-state index contributed by atoms with van der Waals surface area (Å²) in [5.41, 5.74) is 11.5. The molecule has 62 valence electrons. The van der Waals surface area contributed by atoms with Crippen LogP contribution in [0.15, 0.2) is 5.11 Å². The van der Waals surface area contributed by atoms with Gasteiger partial charge in [0.1, 0.15) is 0 Å². The molecular weight excluding hydrogens is 154 g/mol. The van der Waals surface area contributed by atoms with Crippen molar-refractivity contribution in [3.8, 4) is 0 Å². The summed E-state index contributed by atoms with van der Waals surface area (Å²) in [5, 5.41) is 10.5. The van der Waals surface area contributed by atoms with E-state index in [-0.39, 0.29) is 0 Å². The van der Waals surface area contributed by atoms with Gasteiger partial charge in [-0.2, -0.15) is 5.10 Å². The van der Waals surface area contributed by atoms with Gasteiger partial charge < -0.3 is 0 Å². The average molecular weight is 163 g/mol. The molecule has 1 aliphatic rings. The van der Waals surface area contributed by atoms with E-state index in [4.69, 9.17) is 5.53 Å². The Kier molecular flexibility index (Phi) is 1.72. The largest absolute Gasteiger partial charge is 0.282 e. The Balaban J connectivity index is 2.27. The average Bonchev–Trinajstić information content (AvgIpc) is 2.62. The highest BCUT2D eigenvalue weighted by Crippen LogP contribution is 2.22. The fraction of sp³-hybridized carbons (Fsp3) is 0.571. The maximum absolute atomic E-state index is 8.13. The number of H-pyrrole nitrogens is 1. The molecule has 0 saturated carbocycles. The fourth-order valence-electron chi connectivity index (χ4n) is 1.62. The second-order valence-electron chi connectivity index (χ2n) is 2.87. The van der Waals surface area contributed by atoms with Crippen molar-refractivity contribution < 1.29 is 0 Å². The number of fused-ring (bicyclic) bond motifs is 1. The normalized spacial score (nSPS) is 14.0. The molecule has 5 heteroatoms. The number of hydrogen-bond acceptors (Lipinski definition) is 2. The Morgan fingerprint density at radius 2 is 2.50 bits per heavy atom. The highest BCUT2D eigenvalue weighted by Gasteiger charge is 2.17. The summed E-state index contributed by atoms with van der Waals surface area (Å²) in [4.78, 5) is 2.71. The van der Waals surface area contributed by atoms with E-state index in [0.29, 0.717) is 6.54 Å². The van der Waals surface area contributed by atoms with Crippen LogP contribution in [0.4, 0.5) is 0 Å². The van der Waals surface area contributed by atoms with Gasteiger partial charge in [-0.3, -0.25) is 5.10 Å². The Hall–Kier alpha value is -1.48. The minimum Gasteiger partial charge on any atom is -0.282 e. The third-order valence-electron chi connectivity index (χ3n) is 2.18. The molecule has 0 radical (unpaired) electrons. The number of aromatic nitrogens is 2. The molecule has 1 heterocycles. The van der Waals surface area contributed by atoms with Gasteiger partial charge in [0.15, 0.2) is 0 Å². The standard InChI is InChI=1S/C7H9N5/c8-12-9-4-7-5-2-1-3-6(5)10-11-7/h1-4H2,(H,10,11). The summed E-state index contributed by atoms with van der Waals surface area (Å²) in [7, 11) is 0. The maximum Gasteiger partial charge on any atom is 0.0714 e. The van der Waals surface area contributed by atoms with E-state index in [2.05, 4.69) is 20.2 Å². The number of aryl methyl sites for hydroxylation is 1. The van der Waals surface area contributed by atoms with Crippen molar-refractivity contribution >= 4 is 0 Å². The van der Waals surface area contributed by atoms with Crippen LogP contribution in [-0.2, 0) is 19.4 Å². The van der Waals surface area contributed by atoms with Crippen LogP contribution in [0, 0.1) is 0 Å². The minimum absolute atomic E-state index is 0.377. The molecule has 1 aromatic heterocycles. The molecule has 2 rings (SSSR count). The van der Waals surface area contributed by atoms with E-state index >= 15 is 0 Å². The molecule has 0 atom stereocenters. The predicted molar refractivity (Wildman–Crippen MR) is 43.5 cm³/mol. The lowest BCUT2D eigenvalue weighted by Gasteiger charge is -1.90. The lowest BCUT2D eigenvalue weighted by atomic mass is 10.2. The summed E-state index contributed by atoms with van der Waals surface area (Å²) >= 11 is 0. The Morgan fingerprint density at radius 3 is 3.33 bits per heavy atom. The number of azide groups is 1. The Labute approximate surface area is 69.4 Å². The van der Waals surface area contributed by atoms with E-state index in [0.717, 1.165) is 18.5 Å². The summed E-state index contributed by atoms with van der Waals surface area (Å²) in [6, 6.07) is 0. The highest BCUT2D eigenvalue weighted by atomic mass is 15.2. The first-order valence-electron chi connectivity index (χ1n) is 3.97. The van der Waals surface area contributed by atoms with Gasteiger partial charge in [-0.05, 0) is 30.4 Å². The van der Waals surface area contributed by atoms with Crippen LogP contribution in [0.3, 0.4) is 0 Å². The van der Waals surface area contributed by atoms with Crippen LogP contribution in [0.25, 0.3) is 10.4 Å². The topological polar surface area (TPSA) is 77.4 Å². The number of nitrogens with one attached hydrogen (secondary N) is 1. The van der Waals surface area contributed by atoms with Crippen LogP contribution >= 0.6 is 0 Å². The first-order valence-corrected chi connectivity index (χ1v) is 3.97. The second-order valence-corrected chi connectivity index (χ2v) is 2.87. The van der Waals surface area contributed by atoms with Crippen molar-refractivity contribution in [1.82, 2.24) is 10.2 Å².